The van der Waals surface area contributed by atoms with Crippen LogP contribution in [0.2, 0.25) is 0 Å². The number of nitrogens with zero attached hydrogens (tertiary/aromatic N) is 4. The highest BCUT2D eigenvalue weighted by atomic mass is 16.2. The predicted molar refractivity (Wildman–Crippen MR) is 182 cm³/mol. The quantitative estimate of drug-likeness (QED) is 0.187. The first-order valence-corrected chi connectivity index (χ1v) is 17.1. The summed E-state index contributed by atoms with van der Waals surface area (Å²) < 4.78 is 0. The average Bonchev–Trinajstić information content (AvgIpc) is 3.91. The molecule has 238 valence electrons. The molecule has 0 saturated carbocycles. The number of benzene rings is 2. The fourth-order valence-electron chi connectivity index (χ4n) is 8.67. The van der Waals surface area contributed by atoms with Gasteiger partial charge in [0, 0.05) is 23.9 Å². The van der Waals surface area contributed by atoms with E-state index in [9.17, 15) is 4.79 Å². The number of allylic oxidation sites excluding steroid dienone is 2. The van der Waals surface area contributed by atoms with E-state index in [4.69, 9.17) is 9.97 Å². The van der Waals surface area contributed by atoms with Crippen molar-refractivity contribution >= 4 is 5.91 Å². The summed E-state index contributed by atoms with van der Waals surface area (Å²) >= 11 is 0. The van der Waals surface area contributed by atoms with Gasteiger partial charge in [0.15, 0.2) is 0 Å². The first-order valence-electron chi connectivity index (χ1n) is 17.1. The number of amides is 1. The molecule has 8 heteroatoms. The van der Waals surface area contributed by atoms with Gasteiger partial charge in [-0.3, -0.25) is 9.69 Å². The van der Waals surface area contributed by atoms with Crippen molar-refractivity contribution in [1.29, 1.82) is 0 Å². The van der Waals surface area contributed by atoms with Crippen LogP contribution in [0.4, 0.5) is 0 Å². The van der Waals surface area contributed by atoms with Gasteiger partial charge in [-0.2, -0.15) is 0 Å². The van der Waals surface area contributed by atoms with Gasteiger partial charge in [0.25, 0.3) is 0 Å². The van der Waals surface area contributed by atoms with Crippen molar-refractivity contribution in [2.24, 2.45) is 5.92 Å². The van der Waals surface area contributed by atoms with Gasteiger partial charge < -0.3 is 20.2 Å². The highest BCUT2D eigenvalue weighted by Crippen LogP contribution is 2.54. The second-order valence-electron chi connectivity index (χ2n) is 14.1. The lowest BCUT2D eigenvalue weighted by molar-refractivity contribution is -0.135. The molecule has 46 heavy (non-hydrogen) atoms. The van der Waals surface area contributed by atoms with Crippen LogP contribution in [-0.2, 0) is 4.79 Å². The fourth-order valence-corrected chi connectivity index (χ4v) is 8.67. The van der Waals surface area contributed by atoms with Crippen molar-refractivity contribution in [2.75, 3.05) is 27.2 Å². The highest BCUT2D eigenvalue weighted by Gasteiger charge is 2.38. The minimum Gasteiger partial charge on any atom is -0.341 e. The molecule has 1 amide bonds. The van der Waals surface area contributed by atoms with Crippen LogP contribution in [0.5, 0.6) is 0 Å². The minimum atomic E-state index is -0.181. The summed E-state index contributed by atoms with van der Waals surface area (Å²) in [4.78, 5) is 34.7. The first-order chi connectivity index (χ1) is 22.4. The molecule has 4 aromatic rings. The molecule has 2 aromatic carbocycles. The molecule has 8 nitrogen and oxygen atoms in total. The van der Waals surface area contributed by atoms with E-state index in [2.05, 4.69) is 89.6 Å². The summed E-state index contributed by atoms with van der Waals surface area (Å²) in [5.41, 5.74) is 10.0. The van der Waals surface area contributed by atoms with E-state index in [1.807, 2.05) is 24.3 Å². The number of fused-ring (bicyclic) bond motifs is 5. The minimum absolute atomic E-state index is 0.00951. The average molecular weight is 616 g/mol. The molecule has 5 atom stereocenters. The molecular weight excluding hydrogens is 570 g/mol. The number of imidazole rings is 2. The molecule has 8 rings (SSSR count). The Hall–Kier alpha value is -4.01. The number of likely N-dealkylation sites (tertiary alicyclic amines) is 2. The summed E-state index contributed by atoms with van der Waals surface area (Å²) in [6.45, 7) is 6.09. The lowest BCUT2D eigenvalue weighted by atomic mass is 9.85. The fraction of sp³-hybridized carbons (Fsp3) is 0.447. The SMILES string of the molecule is CNC(C(=O)N1CCCC1c1ncc(-c2ccc(-c3ccc(-c4cnc(C5CCCN5C)[nH]4)c4c3C3C=CC4C3)cc2)[nH]1)C(C)C. The third kappa shape index (κ3) is 4.85. The number of rotatable bonds is 8. The zero-order valence-corrected chi connectivity index (χ0v) is 27.4. The van der Waals surface area contributed by atoms with E-state index in [1.165, 1.54) is 34.2 Å². The maximum absolute atomic E-state index is 13.4. The lowest BCUT2D eigenvalue weighted by Crippen LogP contribution is -2.47. The first kappa shape index (κ1) is 29.4. The molecule has 4 aliphatic rings. The normalized spacial score (nSPS) is 24.4. The Labute approximate surface area is 271 Å². The Morgan fingerprint density at radius 2 is 1.43 bits per heavy atom. The topological polar surface area (TPSA) is 92.9 Å². The Bertz CT molecular complexity index is 1780. The number of carbonyl (C=O) groups excluding carboxylic acids is 1. The van der Waals surface area contributed by atoms with Gasteiger partial charge in [-0.25, -0.2) is 9.97 Å². The van der Waals surface area contributed by atoms with Crippen molar-refractivity contribution < 1.29 is 4.79 Å². The molecule has 2 aliphatic carbocycles. The van der Waals surface area contributed by atoms with Crippen molar-refractivity contribution in [1.82, 2.24) is 35.1 Å². The second kappa shape index (κ2) is 11.7. The molecule has 2 saturated heterocycles. The van der Waals surface area contributed by atoms with Gasteiger partial charge in [-0.05, 0) is 86.5 Å². The molecule has 2 fully saturated rings. The summed E-state index contributed by atoms with van der Waals surface area (Å²) in [6.07, 6.45) is 14.3. The number of hydrogen-bond donors (Lipinski definition) is 3. The molecule has 2 aromatic heterocycles. The number of H-pyrrole nitrogens is 2. The number of aromatic nitrogens is 4. The molecular formula is C38H45N7O. The van der Waals surface area contributed by atoms with E-state index in [0.717, 1.165) is 67.4 Å². The van der Waals surface area contributed by atoms with Crippen molar-refractivity contribution in [2.45, 2.75) is 75.9 Å². The third-order valence-corrected chi connectivity index (χ3v) is 11.0. The van der Waals surface area contributed by atoms with Gasteiger partial charge in [-0.1, -0.05) is 62.4 Å². The standard InChI is InChI=1S/C38H45N7O/c1-22(2)35(39-3)38(46)45-18-6-8-32(45)37-40-20-29(42-37)24-11-9-23(10-12-24)27-15-16-28(34-26-14-13-25(19-26)33(27)34)30-21-41-36(43-30)31-7-5-17-44(31)4/h9-16,20-22,25-26,31-32,35,39H,5-8,17-19H2,1-4H3,(H,40,42)(H,41,43). The summed E-state index contributed by atoms with van der Waals surface area (Å²) in [5.74, 6) is 3.29. The Balaban J connectivity index is 1.05. The molecule has 2 aliphatic heterocycles. The summed E-state index contributed by atoms with van der Waals surface area (Å²) in [5, 5.41) is 3.22. The zero-order valence-electron chi connectivity index (χ0n) is 27.4. The Morgan fingerprint density at radius 3 is 2.13 bits per heavy atom. The van der Waals surface area contributed by atoms with Crippen LogP contribution in [0.25, 0.3) is 33.6 Å². The van der Waals surface area contributed by atoms with E-state index in [-0.39, 0.29) is 23.9 Å². The van der Waals surface area contributed by atoms with Crippen LogP contribution in [0.15, 0.2) is 60.9 Å². The van der Waals surface area contributed by atoms with Crippen LogP contribution in [0.3, 0.4) is 0 Å². The predicted octanol–water partition coefficient (Wildman–Crippen LogP) is 6.95. The van der Waals surface area contributed by atoms with E-state index in [0.29, 0.717) is 17.9 Å². The lowest BCUT2D eigenvalue weighted by Gasteiger charge is -2.29. The zero-order chi connectivity index (χ0) is 31.5. The molecule has 0 radical (unpaired) electrons. The highest BCUT2D eigenvalue weighted by molar-refractivity contribution is 5.83. The number of aromatic amines is 2. The molecule has 4 heterocycles. The maximum atomic E-state index is 13.4. The largest absolute Gasteiger partial charge is 0.341 e. The number of carbonyl (C=O) groups is 1. The van der Waals surface area contributed by atoms with E-state index >= 15 is 0 Å². The van der Waals surface area contributed by atoms with Crippen LogP contribution in [0.1, 0.15) is 92.6 Å². The van der Waals surface area contributed by atoms with Gasteiger partial charge in [-0.15, -0.1) is 0 Å². The van der Waals surface area contributed by atoms with Crippen LogP contribution >= 0.6 is 0 Å². The summed E-state index contributed by atoms with van der Waals surface area (Å²) in [7, 11) is 4.07. The van der Waals surface area contributed by atoms with Crippen LogP contribution in [-0.4, -0.2) is 68.9 Å². The Kier molecular flexibility index (Phi) is 7.45. The molecule has 3 N–H and O–H groups in total. The number of nitrogens with one attached hydrogen (secondary N) is 3. The van der Waals surface area contributed by atoms with Gasteiger partial charge in [0.1, 0.15) is 11.6 Å². The summed E-state index contributed by atoms with van der Waals surface area (Å²) in [6, 6.07) is 13.7. The molecule has 0 spiro atoms. The third-order valence-electron chi connectivity index (χ3n) is 11.0. The molecule has 5 unspecified atom stereocenters. The maximum Gasteiger partial charge on any atom is 0.240 e. The van der Waals surface area contributed by atoms with Gasteiger partial charge >= 0.3 is 0 Å². The molecule has 2 bridgehead atoms. The van der Waals surface area contributed by atoms with Crippen LogP contribution in [0, 0.1) is 5.92 Å². The van der Waals surface area contributed by atoms with Crippen molar-refractivity contribution in [3.63, 3.8) is 0 Å². The van der Waals surface area contributed by atoms with Gasteiger partial charge in [0.2, 0.25) is 5.91 Å². The van der Waals surface area contributed by atoms with E-state index < -0.39 is 0 Å². The monoisotopic (exact) mass is 615 g/mol. The smallest absolute Gasteiger partial charge is 0.240 e. The Morgan fingerprint density at radius 1 is 0.826 bits per heavy atom. The van der Waals surface area contributed by atoms with Gasteiger partial charge in [0.05, 0.1) is 41.9 Å². The number of hydrogen-bond acceptors (Lipinski definition) is 5. The number of likely N-dealkylation sites (N-methyl/N-ethyl adjacent to an activating group) is 1. The van der Waals surface area contributed by atoms with Crippen LogP contribution < -0.4 is 5.32 Å². The van der Waals surface area contributed by atoms with Crippen molar-refractivity contribution in [3.8, 4) is 33.6 Å². The second-order valence-corrected chi connectivity index (χ2v) is 14.1. The van der Waals surface area contributed by atoms with Crippen molar-refractivity contribution in [3.05, 3.63) is 83.7 Å². The van der Waals surface area contributed by atoms with E-state index in [1.54, 1.807) is 0 Å².